The highest BCUT2D eigenvalue weighted by Crippen LogP contribution is 2.37. The largest absolute Gasteiger partial charge is 0.419 e. The quantitative estimate of drug-likeness (QED) is 0.651. The Kier molecular flexibility index (Phi) is 6.24. The Morgan fingerprint density at radius 3 is 2.56 bits per heavy atom. The van der Waals surface area contributed by atoms with Gasteiger partial charge in [-0.2, -0.15) is 23.4 Å². The second kappa shape index (κ2) is 9.00. The molecule has 0 radical (unpaired) electrons. The monoisotopic (exact) mass is 481 g/mol. The number of nitriles is 1. The minimum absolute atomic E-state index is 0.00222. The fraction of sp³-hybridized carbons (Fsp3) is 0.476. The number of pyridine rings is 1. The van der Waals surface area contributed by atoms with E-state index in [0.29, 0.717) is 31.6 Å². The van der Waals surface area contributed by atoms with Crippen LogP contribution >= 0.6 is 0 Å². The maximum atomic E-state index is 13.4. The lowest BCUT2D eigenvalue weighted by molar-refractivity contribution is -0.137. The number of nitrogens with zero attached hydrogens (tertiary/aromatic N) is 6. The summed E-state index contributed by atoms with van der Waals surface area (Å²) < 4.78 is 67.0. The van der Waals surface area contributed by atoms with E-state index in [9.17, 15) is 26.7 Å². The number of rotatable bonds is 5. The molecule has 0 atom stereocenters. The van der Waals surface area contributed by atoms with Gasteiger partial charge in [-0.1, -0.05) is 0 Å². The third kappa shape index (κ3) is 5.16. The highest BCUT2D eigenvalue weighted by molar-refractivity contribution is 5.78. The number of aromatic nitrogens is 3. The average molecular weight is 481 g/mol. The Morgan fingerprint density at radius 1 is 1.24 bits per heavy atom. The highest BCUT2D eigenvalue weighted by Gasteiger charge is 2.45. The molecule has 1 amide bonds. The first kappa shape index (κ1) is 23.6. The van der Waals surface area contributed by atoms with Crippen molar-refractivity contribution in [1.29, 1.82) is 5.26 Å². The predicted molar refractivity (Wildman–Crippen MR) is 110 cm³/mol. The number of amides is 1. The van der Waals surface area contributed by atoms with Crippen LogP contribution in [0.2, 0.25) is 0 Å². The standard InChI is InChI=1S/C21H20F5N7O/c22-20(23)11-33(12-20)19-29-15(13-4-8-32(9-5-13)17(34)3-6-27)10-16(31-19)30-18-14(21(24,25)26)2-1-7-28-18/h1-2,7,10,13H,3-5,8-9,11-12H2,(H,28,29,30,31). The van der Waals surface area contributed by atoms with Crippen LogP contribution in [0.5, 0.6) is 0 Å². The van der Waals surface area contributed by atoms with Gasteiger partial charge in [0.25, 0.3) is 5.92 Å². The van der Waals surface area contributed by atoms with Gasteiger partial charge in [-0.05, 0) is 25.0 Å². The molecule has 4 heterocycles. The van der Waals surface area contributed by atoms with Crippen LogP contribution in [0.4, 0.5) is 39.5 Å². The predicted octanol–water partition coefficient (Wildman–Crippen LogP) is 3.71. The molecule has 2 aromatic heterocycles. The number of carbonyl (C=O) groups excluding carboxylic acids is 1. The Morgan fingerprint density at radius 2 is 1.94 bits per heavy atom. The molecule has 0 bridgehead atoms. The molecule has 0 spiro atoms. The van der Waals surface area contributed by atoms with Gasteiger partial charge in [-0.3, -0.25) is 4.79 Å². The number of likely N-dealkylation sites (tertiary alicyclic amines) is 1. The van der Waals surface area contributed by atoms with Crippen LogP contribution < -0.4 is 10.2 Å². The van der Waals surface area contributed by atoms with Gasteiger partial charge in [0.05, 0.1) is 30.4 Å². The van der Waals surface area contributed by atoms with Gasteiger partial charge in [-0.25, -0.2) is 18.7 Å². The molecule has 0 saturated carbocycles. The zero-order valence-corrected chi connectivity index (χ0v) is 17.8. The molecule has 13 heteroatoms. The van der Waals surface area contributed by atoms with Crippen LogP contribution in [-0.2, 0) is 11.0 Å². The molecule has 2 aliphatic rings. The van der Waals surface area contributed by atoms with E-state index in [0.717, 1.165) is 12.1 Å². The minimum atomic E-state index is -4.66. The van der Waals surface area contributed by atoms with Gasteiger partial charge in [0, 0.05) is 31.3 Å². The smallest absolute Gasteiger partial charge is 0.342 e. The summed E-state index contributed by atoms with van der Waals surface area (Å²) in [6.45, 7) is -0.413. The van der Waals surface area contributed by atoms with E-state index in [1.807, 2.05) is 6.07 Å². The van der Waals surface area contributed by atoms with Crippen LogP contribution in [0.3, 0.4) is 0 Å². The number of anilines is 3. The molecule has 0 aromatic carbocycles. The highest BCUT2D eigenvalue weighted by atomic mass is 19.4. The number of hydrogen-bond acceptors (Lipinski definition) is 7. The topological polar surface area (TPSA) is 98.0 Å². The van der Waals surface area contributed by atoms with Crippen molar-refractivity contribution in [3.63, 3.8) is 0 Å². The molecule has 4 rings (SSSR count). The molecule has 1 N–H and O–H groups in total. The van der Waals surface area contributed by atoms with Crippen molar-refractivity contribution < 1.29 is 26.7 Å². The number of alkyl halides is 5. The Hall–Kier alpha value is -3.56. The SMILES string of the molecule is N#CCC(=O)N1CCC(c2cc(Nc3ncccc3C(F)(F)F)nc(N3CC(F)(F)C3)n2)CC1. The maximum Gasteiger partial charge on any atom is 0.419 e. The van der Waals surface area contributed by atoms with Gasteiger partial charge in [0.1, 0.15) is 18.1 Å². The lowest BCUT2D eigenvalue weighted by Crippen LogP contribution is -2.57. The Balaban J connectivity index is 1.60. The molecule has 180 valence electrons. The van der Waals surface area contributed by atoms with Crippen molar-refractivity contribution in [2.45, 2.75) is 37.3 Å². The van der Waals surface area contributed by atoms with Crippen molar-refractivity contribution in [3.8, 4) is 6.07 Å². The van der Waals surface area contributed by atoms with E-state index in [2.05, 4.69) is 20.3 Å². The van der Waals surface area contributed by atoms with Crippen LogP contribution in [0.25, 0.3) is 0 Å². The molecule has 2 fully saturated rings. The molecule has 8 nitrogen and oxygen atoms in total. The minimum Gasteiger partial charge on any atom is -0.342 e. The van der Waals surface area contributed by atoms with E-state index in [1.165, 1.54) is 17.2 Å². The number of piperidine rings is 1. The summed E-state index contributed by atoms with van der Waals surface area (Å²) >= 11 is 0. The van der Waals surface area contributed by atoms with Crippen LogP contribution in [-0.4, -0.2) is 57.9 Å². The molecule has 34 heavy (non-hydrogen) atoms. The van der Waals surface area contributed by atoms with E-state index in [-0.39, 0.29) is 30.0 Å². The first-order chi connectivity index (χ1) is 16.1. The fourth-order valence-corrected chi connectivity index (χ4v) is 3.98. The second-order valence-electron chi connectivity index (χ2n) is 8.20. The zero-order chi connectivity index (χ0) is 24.5. The molecule has 2 aromatic rings. The number of nitrogens with one attached hydrogen (secondary N) is 1. The summed E-state index contributed by atoms with van der Waals surface area (Å²) in [5.74, 6) is -3.80. The number of carbonyl (C=O) groups is 1. The molecule has 0 unspecified atom stereocenters. The summed E-state index contributed by atoms with van der Waals surface area (Å²) in [6, 6.07) is 5.34. The van der Waals surface area contributed by atoms with Crippen LogP contribution in [0.1, 0.15) is 36.4 Å². The number of halogens is 5. The molecular formula is C21H20F5N7O. The Bertz CT molecular complexity index is 1100. The van der Waals surface area contributed by atoms with Gasteiger partial charge < -0.3 is 15.1 Å². The van der Waals surface area contributed by atoms with Crippen molar-refractivity contribution in [2.24, 2.45) is 0 Å². The third-order valence-corrected chi connectivity index (χ3v) is 5.72. The van der Waals surface area contributed by atoms with Crippen molar-refractivity contribution >= 4 is 23.5 Å². The van der Waals surface area contributed by atoms with Gasteiger partial charge >= 0.3 is 6.18 Å². The van der Waals surface area contributed by atoms with Gasteiger partial charge in [0.2, 0.25) is 11.9 Å². The van der Waals surface area contributed by atoms with Crippen molar-refractivity contribution in [3.05, 3.63) is 35.7 Å². The van der Waals surface area contributed by atoms with E-state index >= 15 is 0 Å². The molecule has 2 saturated heterocycles. The Labute approximate surface area is 191 Å². The first-order valence-corrected chi connectivity index (χ1v) is 10.5. The summed E-state index contributed by atoms with van der Waals surface area (Å²) in [5.41, 5.74) is -0.518. The molecule has 0 aliphatic carbocycles. The molecular weight excluding hydrogens is 461 g/mol. The van der Waals surface area contributed by atoms with Crippen molar-refractivity contribution in [1.82, 2.24) is 19.9 Å². The summed E-state index contributed by atoms with van der Waals surface area (Å²) in [6.07, 6.45) is -2.67. The van der Waals surface area contributed by atoms with E-state index in [4.69, 9.17) is 5.26 Å². The average Bonchev–Trinajstić information content (AvgIpc) is 2.77. The van der Waals surface area contributed by atoms with Crippen LogP contribution in [0, 0.1) is 11.3 Å². The third-order valence-electron chi connectivity index (χ3n) is 5.72. The maximum absolute atomic E-state index is 13.4. The second-order valence-corrected chi connectivity index (χ2v) is 8.20. The lowest BCUT2D eigenvalue weighted by Gasteiger charge is -2.39. The lowest BCUT2D eigenvalue weighted by atomic mass is 9.93. The summed E-state index contributed by atoms with van der Waals surface area (Å²) in [5, 5.41) is 11.3. The van der Waals surface area contributed by atoms with Gasteiger partial charge in [-0.15, -0.1) is 0 Å². The zero-order valence-electron chi connectivity index (χ0n) is 17.8. The van der Waals surface area contributed by atoms with Crippen LogP contribution in [0.15, 0.2) is 24.4 Å². The van der Waals surface area contributed by atoms with E-state index in [1.54, 1.807) is 4.90 Å². The van der Waals surface area contributed by atoms with E-state index < -0.39 is 36.6 Å². The molecule has 2 aliphatic heterocycles. The first-order valence-electron chi connectivity index (χ1n) is 10.5. The fourth-order valence-electron chi connectivity index (χ4n) is 3.98. The summed E-state index contributed by atoms with van der Waals surface area (Å²) in [4.78, 5) is 27.1. The number of hydrogen-bond donors (Lipinski definition) is 1. The van der Waals surface area contributed by atoms with Gasteiger partial charge in [0.15, 0.2) is 0 Å². The van der Waals surface area contributed by atoms with Crippen molar-refractivity contribution in [2.75, 3.05) is 36.4 Å². The summed E-state index contributed by atoms with van der Waals surface area (Å²) in [7, 11) is 0. The normalized spacial score (nSPS) is 18.2.